The van der Waals surface area contributed by atoms with Crippen molar-refractivity contribution in [2.45, 2.75) is 6.92 Å². The van der Waals surface area contributed by atoms with Crippen LogP contribution in [0.3, 0.4) is 0 Å². The molecular formula is C23H21N3O2S. The fourth-order valence-electron chi connectivity index (χ4n) is 3.55. The van der Waals surface area contributed by atoms with Gasteiger partial charge < -0.3 is 15.4 Å². The van der Waals surface area contributed by atoms with Gasteiger partial charge in [-0.1, -0.05) is 18.2 Å². The molecule has 3 aromatic rings. The SMILES string of the molecule is C/C(=C(/C#N)C(N)=O)c1ccc(-c2ccc3cc(N4CCOCC4)ccc3c2)s1. The van der Waals surface area contributed by atoms with E-state index in [1.54, 1.807) is 18.3 Å². The number of benzene rings is 2. The molecule has 2 N–H and O–H groups in total. The number of carbonyl (C=O) groups is 1. The number of hydrogen-bond donors (Lipinski definition) is 1. The van der Waals surface area contributed by atoms with Crippen molar-refractivity contribution >= 4 is 39.3 Å². The van der Waals surface area contributed by atoms with Crippen LogP contribution in [0, 0.1) is 11.3 Å². The normalized spacial score (nSPS) is 15.1. The number of nitrogens with zero attached hydrogens (tertiary/aromatic N) is 2. The zero-order valence-corrected chi connectivity index (χ0v) is 17.0. The second kappa shape index (κ2) is 8.08. The number of allylic oxidation sites excluding steroid dienone is 1. The van der Waals surface area contributed by atoms with E-state index in [0.29, 0.717) is 5.57 Å². The van der Waals surface area contributed by atoms with Crippen molar-refractivity contribution in [3.8, 4) is 16.5 Å². The summed E-state index contributed by atoms with van der Waals surface area (Å²) in [7, 11) is 0. The summed E-state index contributed by atoms with van der Waals surface area (Å²) < 4.78 is 5.44. The fourth-order valence-corrected chi connectivity index (χ4v) is 4.56. The van der Waals surface area contributed by atoms with E-state index >= 15 is 0 Å². The van der Waals surface area contributed by atoms with E-state index in [0.717, 1.165) is 41.6 Å². The predicted octanol–water partition coefficient (Wildman–Crippen LogP) is 4.19. The maximum absolute atomic E-state index is 11.4. The largest absolute Gasteiger partial charge is 0.378 e. The average molecular weight is 404 g/mol. The summed E-state index contributed by atoms with van der Waals surface area (Å²) in [5.41, 5.74) is 8.27. The van der Waals surface area contributed by atoms with Crippen LogP contribution in [0.15, 0.2) is 54.1 Å². The van der Waals surface area contributed by atoms with Gasteiger partial charge in [0.25, 0.3) is 5.91 Å². The highest BCUT2D eigenvalue weighted by atomic mass is 32.1. The van der Waals surface area contributed by atoms with Crippen LogP contribution in [-0.2, 0) is 9.53 Å². The molecule has 146 valence electrons. The highest BCUT2D eigenvalue weighted by Crippen LogP contribution is 2.35. The Kier molecular flexibility index (Phi) is 5.34. The molecular weight excluding hydrogens is 382 g/mol. The molecule has 2 heterocycles. The summed E-state index contributed by atoms with van der Waals surface area (Å²) >= 11 is 1.55. The molecule has 0 bridgehead atoms. The number of primary amides is 1. The molecule has 4 rings (SSSR count). The second-order valence-corrected chi connectivity index (χ2v) is 8.07. The molecule has 0 aliphatic carbocycles. The summed E-state index contributed by atoms with van der Waals surface area (Å²) in [6, 6.07) is 18.8. The van der Waals surface area contributed by atoms with Crippen molar-refractivity contribution < 1.29 is 9.53 Å². The lowest BCUT2D eigenvalue weighted by atomic mass is 10.0. The standard InChI is InChI=1S/C23H21N3O2S/c1-15(20(14-24)23(25)27)21-6-7-22(29-21)18-3-2-17-13-19(5-4-16(17)12-18)26-8-10-28-11-9-26/h2-7,12-13H,8-11H2,1H3,(H2,25,27)/b20-15+. The Morgan fingerprint density at radius 2 is 1.83 bits per heavy atom. The number of fused-ring (bicyclic) bond motifs is 1. The molecule has 0 spiro atoms. The van der Waals surface area contributed by atoms with Gasteiger partial charge in [-0.3, -0.25) is 4.79 Å². The highest BCUT2D eigenvalue weighted by molar-refractivity contribution is 7.16. The summed E-state index contributed by atoms with van der Waals surface area (Å²) in [5.74, 6) is -0.693. The molecule has 1 amide bonds. The number of morpholine rings is 1. The van der Waals surface area contributed by atoms with Crippen LogP contribution in [-0.4, -0.2) is 32.2 Å². The van der Waals surface area contributed by atoms with Crippen LogP contribution < -0.4 is 10.6 Å². The lowest BCUT2D eigenvalue weighted by Gasteiger charge is -2.29. The van der Waals surface area contributed by atoms with Crippen molar-refractivity contribution in [3.05, 3.63) is 59.0 Å². The summed E-state index contributed by atoms with van der Waals surface area (Å²) in [6.45, 7) is 5.14. The Morgan fingerprint density at radius 3 is 2.55 bits per heavy atom. The second-order valence-electron chi connectivity index (χ2n) is 6.99. The van der Waals surface area contributed by atoms with Crippen LogP contribution in [0.25, 0.3) is 26.8 Å². The molecule has 1 aromatic heterocycles. The van der Waals surface area contributed by atoms with Gasteiger partial charge in [0.1, 0.15) is 11.6 Å². The van der Waals surface area contributed by atoms with Crippen LogP contribution in [0.2, 0.25) is 0 Å². The van der Waals surface area contributed by atoms with E-state index in [1.807, 2.05) is 18.2 Å². The minimum Gasteiger partial charge on any atom is -0.378 e. The fraction of sp³-hybridized carbons (Fsp3) is 0.217. The van der Waals surface area contributed by atoms with Crippen molar-refractivity contribution in [2.75, 3.05) is 31.2 Å². The lowest BCUT2D eigenvalue weighted by molar-refractivity contribution is -0.114. The smallest absolute Gasteiger partial charge is 0.259 e. The van der Waals surface area contributed by atoms with Crippen LogP contribution in [0.5, 0.6) is 0 Å². The number of nitriles is 1. The highest BCUT2D eigenvalue weighted by Gasteiger charge is 2.14. The monoisotopic (exact) mass is 403 g/mol. The molecule has 6 heteroatoms. The molecule has 2 aromatic carbocycles. The molecule has 1 fully saturated rings. The number of carbonyl (C=O) groups excluding carboxylic acids is 1. The average Bonchev–Trinajstić information content (AvgIpc) is 3.24. The topological polar surface area (TPSA) is 79.3 Å². The van der Waals surface area contributed by atoms with Gasteiger partial charge in [-0.15, -0.1) is 11.3 Å². The number of amides is 1. The molecule has 1 aliphatic rings. The zero-order chi connectivity index (χ0) is 20.4. The first-order chi connectivity index (χ1) is 14.1. The van der Waals surface area contributed by atoms with E-state index in [1.165, 1.54) is 16.5 Å². The minimum atomic E-state index is -0.693. The van der Waals surface area contributed by atoms with E-state index < -0.39 is 5.91 Å². The summed E-state index contributed by atoms with van der Waals surface area (Å²) in [5, 5.41) is 11.5. The molecule has 0 radical (unpaired) electrons. The first-order valence-electron chi connectivity index (χ1n) is 9.44. The van der Waals surface area contributed by atoms with Gasteiger partial charge in [0.15, 0.2) is 0 Å². The van der Waals surface area contributed by atoms with Crippen molar-refractivity contribution in [1.29, 1.82) is 5.26 Å². The summed E-state index contributed by atoms with van der Waals surface area (Å²) in [6.07, 6.45) is 0. The third-order valence-electron chi connectivity index (χ3n) is 5.19. The molecule has 0 saturated carbocycles. The third-order valence-corrected chi connectivity index (χ3v) is 6.45. The Labute approximate surface area is 173 Å². The maximum atomic E-state index is 11.4. The van der Waals surface area contributed by atoms with Crippen LogP contribution in [0.1, 0.15) is 11.8 Å². The van der Waals surface area contributed by atoms with E-state index in [4.69, 9.17) is 10.5 Å². The van der Waals surface area contributed by atoms with Gasteiger partial charge >= 0.3 is 0 Å². The van der Waals surface area contributed by atoms with Crippen molar-refractivity contribution in [2.24, 2.45) is 5.73 Å². The van der Waals surface area contributed by atoms with Crippen LogP contribution >= 0.6 is 11.3 Å². The molecule has 0 unspecified atom stereocenters. The Bertz CT molecular complexity index is 1150. The van der Waals surface area contributed by atoms with E-state index in [2.05, 4.69) is 41.3 Å². The molecule has 5 nitrogen and oxygen atoms in total. The predicted molar refractivity (Wildman–Crippen MR) is 118 cm³/mol. The van der Waals surface area contributed by atoms with E-state index in [-0.39, 0.29) is 5.57 Å². The molecule has 0 atom stereocenters. The first kappa shape index (κ1) is 19.2. The Balaban J connectivity index is 1.64. The van der Waals surface area contributed by atoms with Gasteiger partial charge in [-0.25, -0.2) is 0 Å². The van der Waals surface area contributed by atoms with Crippen molar-refractivity contribution in [1.82, 2.24) is 0 Å². The number of thiophene rings is 1. The zero-order valence-electron chi connectivity index (χ0n) is 16.1. The lowest BCUT2D eigenvalue weighted by Crippen LogP contribution is -2.36. The minimum absolute atomic E-state index is 0.00699. The summed E-state index contributed by atoms with van der Waals surface area (Å²) in [4.78, 5) is 15.8. The number of hydrogen-bond acceptors (Lipinski definition) is 5. The Morgan fingerprint density at radius 1 is 1.10 bits per heavy atom. The van der Waals surface area contributed by atoms with Gasteiger partial charge in [0.2, 0.25) is 0 Å². The number of ether oxygens (including phenoxy) is 1. The number of anilines is 1. The van der Waals surface area contributed by atoms with Crippen LogP contribution in [0.4, 0.5) is 5.69 Å². The maximum Gasteiger partial charge on any atom is 0.259 e. The number of nitrogens with two attached hydrogens (primary N) is 1. The quantitative estimate of drug-likeness (QED) is 0.523. The molecule has 1 saturated heterocycles. The first-order valence-corrected chi connectivity index (χ1v) is 10.3. The van der Waals surface area contributed by atoms with Gasteiger partial charge in [0, 0.05) is 28.5 Å². The molecule has 1 aliphatic heterocycles. The molecule has 29 heavy (non-hydrogen) atoms. The van der Waals surface area contributed by atoms with Gasteiger partial charge in [0.05, 0.1) is 13.2 Å². The van der Waals surface area contributed by atoms with E-state index in [9.17, 15) is 10.1 Å². The van der Waals surface area contributed by atoms with Crippen molar-refractivity contribution in [3.63, 3.8) is 0 Å². The third kappa shape index (κ3) is 3.88. The number of rotatable bonds is 4. The van der Waals surface area contributed by atoms with Gasteiger partial charge in [-0.05, 0) is 59.2 Å². The van der Waals surface area contributed by atoms with Gasteiger partial charge in [-0.2, -0.15) is 5.26 Å². The Hall–Kier alpha value is -3.14.